The lowest BCUT2D eigenvalue weighted by Gasteiger charge is -2.08. The maximum Gasteiger partial charge on any atom is 0.163 e. The van der Waals surface area contributed by atoms with Crippen LogP contribution in [-0.2, 0) is 0 Å². The molecule has 0 saturated carbocycles. The SMILES string of the molecule is Cc1cn(-c2ccc(NC(C#N)=C(C#N)C#N)cc2F)cn1. The fourth-order valence-corrected chi connectivity index (χ4v) is 1.77. The van der Waals surface area contributed by atoms with Crippen molar-refractivity contribution in [2.75, 3.05) is 5.32 Å². The maximum absolute atomic E-state index is 14.1. The second-order valence-electron chi connectivity index (χ2n) is 4.30. The average molecular weight is 292 g/mol. The molecule has 0 saturated heterocycles. The first-order valence-electron chi connectivity index (χ1n) is 6.11. The molecule has 0 aliphatic carbocycles. The molecule has 1 heterocycles. The van der Waals surface area contributed by atoms with Gasteiger partial charge in [-0.1, -0.05) is 0 Å². The highest BCUT2D eigenvalue weighted by Crippen LogP contribution is 2.20. The van der Waals surface area contributed by atoms with Gasteiger partial charge < -0.3 is 9.88 Å². The molecule has 0 aliphatic heterocycles. The van der Waals surface area contributed by atoms with E-state index in [1.54, 1.807) is 31.3 Å². The summed E-state index contributed by atoms with van der Waals surface area (Å²) in [6.45, 7) is 1.79. The molecule has 22 heavy (non-hydrogen) atoms. The highest BCUT2D eigenvalue weighted by atomic mass is 19.1. The molecule has 2 rings (SSSR count). The third kappa shape index (κ3) is 2.92. The lowest BCUT2D eigenvalue weighted by atomic mass is 10.2. The van der Waals surface area contributed by atoms with Gasteiger partial charge >= 0.3 is 0 Å². The molecule has 0 unspecified atom stereocenters. The van der Waals surface area contributed by atoms with E-state index in [1.807, 2.05) is 0 Å². The fraction of sp³-hybridized carbons (Fsp3) is 0.0667. The van der Waals surface area contributed by atoms with Crippen molar-refractivity contribution in [2.45, 2.75) is 6.92 Å². The Morgan fingerprint density at radius 2 is 1.95 bits per heavy atom. The highest BCUT2D eigenvalue weighted by Gasteiger charge is 2.09. The number of aromatic nitrogens is 2. The van der Waals surface area contributed by atoms with E-state index in [-0.39, 0.29) is 17.0 Å². The molecule has 0 atom stereocenters. The van der Waals surface area contributed by atoms with Gasteiger partial charge in [0.1, 0.15) is 29.7 Å². The van der Waals surface area contributed by atoms with Crippen LogP contribution in [0.3, 0.4) is 0 Å². The third-order valence-electron chi connectivity index (χ3n) is 2.79. The Balaban J connectivity index is 2.35. The van der Waals surface area contributed by atoms with Gasteiger partial charge in [0, 0.05) is 11.9 Å². The molecule has 0 spiro atoms. The quantitative estimate of drug-likeness (QED) is 0.876. The monoisotopic (exact) mass is 292 g/mol. The zero-order valence-electron chi connectivity index (χ0n) is 11.5. The standard InChI is InChI=1S/C15H9FN6/c1-10-8-22(9-20-10)15-3-2-12(4-13(15)16)21-14(7-19)11(5-17)6-18/h2-4,8-9,21H,1H3. The zero-order chi connectivity index (χ0) is 16.1. The van der Waals surface area contributed by atoms with Crippen molar-refractivity contribution in [3.63, 3.8) is 0 Å². The first-order valence-corrected chi connectivity index (χ1v) is 6.11. The van der Waals surface area contributed by atoms with E-state index in [4.69, 9.17) is 15.8 Å². The number of imidazole rings is 1. The van der Waals surface area contributed by atoms with Crippen LogP contribution in [0.5, 0.6) is 0 Å². The van der Waals surface area contributed by atoms with Gasteiger partial charge in [-0.15, -0.1) is 0 Å². The molecule has 2 aromatic rings. The number of hydrogen-bond donors (Lipinski definition) is 1. The number of benzene rings is 1. The van der Waals surface area contributed by atoms with Crippen molar-refractivity contribution in [3.05, 3.63) is 53.5 Å². The van der Waals surface area contributed by atoms with Gasteiger partial charge in [0.05, 0.1) is 17.7 Å². The van der Waals surface area contributed by atoms with Crippen LogP contribution in [0.1, 0.15) is 5.69 Å². The number of nitrogens with zero attached hydrogens (tertiary/aromatic N) is 5. The lowest BCUT2D eigenvalue weighted by molar-refractivity contribution is 0.618. The Labute approximate surface area is 126 Å². The van der Waals surface area contributed by atoms with E-state index >= 15 is 0 Å². The predicted octanol–water partition coefficient (Wildman–Crippen LogP) is 2.56. The van der Waals surface area contributed by atoms with Crippen LogP contribution >= 0.6 is 0 Å². The van der Waals surface area contributed by atoms with E-state index in [0.717, 1.165) is 5.69 Å². The van der Waals surface area contributed by atoms with Crippen LogP contribution < -0.4 is 5.32 Å². The van der Waals surface area contributed by atoms with Crippen LogP contribution in [0.2, 0.25) is 0 Å². The summed E-state index contributed by atoms with van der Waals surface area (Å²) in [6, 6.07) is 9.14. The highest BCUT2D eigenvalue weighted by molar-refractivity contribution is 5.59. The van der Waals surface area contributed by atoms with E-state index in [2.05, 4.69) is 10.3 Å². The minimum atomic E-state index is -0.532. The Kier molecular flexibility index (Phi) is 4.17. The lowest BCUT2D eigenvalue weighted by Crippen LogP contribution is -2.02. The molecular weight excluding hydrogens is 283 g/mol. The number of aryl methyl sites for hydroxylation is 1. The number of anilines is 1. The number of halogens is 1. The van der Waals surface area contributed by atoms with Crippen molar-refractivity contribution >= 4 is 5.69 Å². The molecule has 0 bridgehead atoms. The van der Waals surface area contributed by atoms with Crippen LogP contribution in [0.25, 0.3) is 5.69 Å². The van der Waals surface area contributed by atoms with E-state index in [1.165, 1.54) is 29.1 Å². The zero-order valence-corrected chi connectivity index (χ0v) is 11.5. The molecule has 0 radical (unpaired) electrons. The van der Waals surface area contributed by atoms with E-state index in [0.29, 0.717) is 5.69 Å². The molecule has 0 fully saturated rings. The first kappa shape index (κ1) is 14.8. The second-order valence-corrected chi connectivity index (χ2v) is 4.30. The minimum absolute atomic E-state index is 0.226. The summed E-state index contributed by atoms with van der Waals surface area (Å²) in [6.07, 6.45) is 3.17. The summed E-state index contributed by atoms with van der Waals surface area (Å²) < 4.78 is 15.7. The molecule has 7 heteroatoms. The van der Waals surface area contributed by atoms with Gasteiger partial charge in [-0.2, -0.15) is 15.8 Å². The molecule has 1 aromatic carbocycles. The summed E-state index contributed by atoms with van der Waals surface area (Å²) in [5, 5.41) is 29.0. The average Bonchev–Trinajstić information content (AvgIpc) is 2.93. The van der Waals surface area contributed by atoms with E-state index in [9.17, 15) is 4.39 Å². The van der Waals surface area contributed by atoms with Crippen molar-refractivity contribution < 1.29 is 4.39 Å². The van der Waals surface area contributed by atoms with Gasteiger partial charge in [-0.25, -0.2) is 9.37 Å². The number of hydrogen-bond acceptors (Lipinski definition) is 5. The summed E-state index contributed by atoms with van der Waals surface area (Å²) in [5.74, 6) is -0.532. The third-order valence-corrected chi connectivity index (χ3v) is 2.79. The number of nitriles is 3. The Morgan fingerprint density at radius 1 is 1.23 bits per heavy atom. The normalized spacial score (nSPS) is 9.23. The number of rotatable bonds is 3. The van der Waals surface area contributed by atoms with Crippen molar-refractivity contribution in [1.82, 2.24) is 9.55 Å². The first-order chi connectivity index (χ1) is 10.6. The molecule has 106 valence electrons. The van der Waals surface area contributed by atoms with Crippen LogP contribution in [0.4, 0.5) is 10.1 Å². The number of allylic oxidation sites excluding steroid dienone is 2. The molecule has 1 aromatic heterocycles. The van der Waals surface area contributed by atoms with Crippen molar-refractivity contribution in [1.29, 1.82) is 15.8 Å². The van der Waals surface area contributed by atoms with Gasteiger partial charge in [0.15, 0.2) is 5.57 Å². The summed E-state index contributed by atoms with van der Waals surface area (Å²) in [4.78, 5) is 4.02. The summed E-state index contributed by atoms with van der Waals surface area (Å²) in [7, 11) is 0. The molecule has 1 N–H and O–H groups in total. The van der Waals surface area contributed by atoms with Crippen molar-refractivity contribution in [2.24, 2.45) is 0 Å². The predicted molar refractivity (Wildman–Crippen MR) is 75.7 cm³/mol. The molecular formula is C15H9FN6. The Hall–Kier alpha value is -3.63. The van der Waals surface area contributed by atoms with Gasteiger partial charge in [-0.05, 0) is 25.1 Å². The van der Waals surface area contributed by atoms with Gasteiger partial charge in [0.2, 0.25) is 0 Å². The topological polar surface area (TPSA) is 101 Å². The summed E-state index contributed by atoms with van der Waals surface area (Å²) >= 11 is 0. The molecule has 0 aliphatic rings. The Morgan fingerprint density at radius 3 is 2.45 bits per heavy atom. The van der Waals surface area contributed by atoms with Crippen LogP contribution in [0, 0.1) is 46.7 Å². The molecule has 6 nitrogen and oxygen atoms in total. The smallest absolute Gasteiger partial charge is 0.163 e. The molecule has 0 amide bonds. The summed E-state index contributed by atoms with van der Waals surface area (Å²) in [5.41, 5.74) is 0.726. The van der Waals surface area contributed by atoms with Gasteiger partial charge in [0.25, 0.3) is 0 Å². The van der Waals surface area contributed by atoms with Gasteiger partial charge in [-0.3, -0.25) is 0 Å². The second kappa shape index (κ2) is 6.21. The maximum atomic E-state index is 14.1. The largest absolute Gasteiger partial charge is 0.345 e. The van der Waals surface area contributed by atoms with Crippen LogP contribution in [0.15, 0.2) is 42.0 Å². The Bertz CT molecular complexity index is 857. The van der Waals surface area contributed by atoms with E-state index < -0.39 is 5.82 Å². The van der Waals surface area contributed by atoms with Crippen molar-refractivity contribution in [3.8, 4) is 23.9 Å². The van der Waals surface area contributed by atoms with Crippen LogP contribution in [-0.4, -0.2) is 9.55 Å². The fourth-order valence-electron chi connectivity index (χ4n) is 1.77. The number of nitrogens with one attached hydrogen (secondary N) is 1. The minimum Gasteiger partial charge on any atom is -0.345 e.